The van der Waals surface area contributed by atoms with Crippen molar-refractivity contribution in [3.63, 3.8) is 0 Å². The number of hydrogen-bond donors (Lipinski definition) is 1. The molecule has 2 rings (SSSR count). The van der Waals surface area contributed by atoms with E-state index < -0.39 is 33.2 Å². The van der Waals surface area contributed by atoms with Crippen molar-refractivity contribution in [1.82, 2.24) is 0 Å². The fourth-order valence-electron chi connectivity index (χ4n) is 1.62. The molecule has 0 aliphatic heterocycles. The van der Waals surface area contributed by atoms with Crippen LogP contribution in [-0.4, -0.2) is 8.42 Å². The maximum absolute atomic E-state index is 13.5. The zero-order chi connectivity index (χ0) is 15.8. The van der Waals surface area contributed by atoms with Crippen molar-refractivity contribution in [2.75, 3.05) is 4.72 Å². The van der Waals surface area contributed by atoms with Gasteiger partial charge in [-0.05, 0) is 30.7 Å². The van der Waals surface area contributed by atoms with Crippen LogP contribution < -0.4 is 4.72 Å². The molecule has 0 aliphatic rings. The van der Waals surface area contributed by atoms with Gasteiger partial charge in [0.15, 0.2) is 11.6 Å². The molecule has 2 aromatic carbocycles. The van der Waals surface area contributed by atoms with Crippen molar-refractivity contribution >= 4 is 31.6 Å². The lowest BCUT2D eigenvalue weighted by molar-refractivity contribution is 0.498. The lowest BCUT2D eigenvalue weighted by Crippen LogP contribution is -2.15. The first-order valence-electron chi connectivity index (χ1n) is 5.64. The standard InChI is InChI=1S/C13H9BrF3NO2S/c1-7-4-9(2-3-10(7)14)21(19,20)18-12-6-8(15)5-11(16)13(12)17/h2-6,18H,1H3. The third-order valence-electron chi connectivity index (χ3n) is 2.68. The maximum atomic E-state index is 13.5. The van der Waals surface area contributed by atoms with Crippen molar-refractivity contribution in [3.8, 4) is 0 Å². The number of hydrogen-bond acceptors (Lipinski definition) is 2. The summed E-state index contributed by atoms with van der Waals surface area (Å²) in [5.74, 6) is -4.02. The molecule has 0 spiro atoms. The number of aryl methyl sites for hydroxylation is 1. The lowest BCUT2D eigenvalue weighted by Gasteiger charge is -2.10. The Labute approximate surface area is 128 Å². The Hall–Kier alpha value is -1.54. The molecule has 0 heterocycles. The quantitative estimate of drug-likeness (QED) is 0.819. The molecule has 112 valence electrons. The summed E-state index contributed by atoms with van der Waals surface area (Å²) in [6.07, 6.45) is 0. The summed E-state index contributed by atoms with van der Waals surface area (Å²) in [5, 5.41) is 0. The molecule has 0 amide bonds. The summed E-state index contributed by atoms with van der Waals surface area (Å²) in [6.45, 7) is 1.67. The predicted octanol–water partition coefficient (Wildman–Crippen LogP) is 3.98. The molecular formula is C13H9BrF3NO2S. The summed E-state index contributed by atoms with van der Waals surface area (Å²) in [4.78, 5) is -0.146. The Morgan fingerprint density at radius 2 is 1.76 bits per heavy atom. The van der Waals surface area contributed by atoms with Gasteiger partial charge in [0.2, 0.25) is 0 Å². The zero-order valence-electron chi connectivity index (χ0n) is 10.6. The number of nitrogens with one attached hydrogen (secondary N) is 1. The SMILES string of the molecule is Cc1cc(S(=O)(=O)Nc2cc(F)cc(F)c2F)ccc1Br. The first-order valence-corrected chi connectivity index (χ1v) is 7.92. The van der Waals surface area contributed by atoms with Gasteiger partial charge in [0, 0.05) is 16.6 Å². The van der Waals surface area contributed by atoms with Crippen molar-refractivity contribution in [2.45, 2.75) is 11.8 Å². The molecule has 0 atom stereocenters. The third kappa shape index (κ3) is 3.38. The van der Waals surface area contributed by atoms with Crippen LogP contribution in [0.2, 0.25) is 0 Å². The lowest BCUT2D eigenvalue weighted by atomic mass is 10.2. The second kappa shape index (κ2) is 5.69. The van der Waals surface area contributed by atoms with Crippen LogP contribution in [0.4, 0.5) is 18.9 Å². The van der Waals surface area contributed by atoms with E-state index in [4.69, 9.17) is 0 Å². The van der Waals surface area contributed by atoms with Crippen LogP contribution in [0.5, 0.6) is 0 Å². The van der Waals surface area contributed by atoms with Gasteiger partial charge in [0.1, 0.15) is 5.82 Å². The van der Waals surface area contributed by atoms with Crippen LogP contribution in [0, 0.1) is 24.4 Å². The maximum Gasteiger partial charge on any atom is 0.262 e. The number of halogens is 4. The van der Waals surface area contributed by atoms with Crippen LogP contribution in [0.3, 0.4) is 0 Å². The first kappa shape index (κ1) is 15.8. The highest BCUT2D eigenvalue weighted by atomic mass is 79.9. The Balaban J connectivity index is 2.44. The van der Waals surface area contributed by atoms with Crippen LogP contribution >= 0.6 is 15.9 Å². The van der Waals surface area contributed by atoms with Gasteiger partial charge in [-0.1, -0.05) is 15.9 Å². The minimum absolute atomic E-state index is 0.146. The molecule has 0 aromatic heterocycles. The molecule has 0 bridgehead atoms. The molecule has 8 heteroatoms. The number of sulfonamides is 1. The second-order valence-corrected chi connectivity index (χ2v) is 6.80. The summed E-state index contributed by atoms with van der Waals surface area (Å²) in [7, 11) is -4.15. The predicted molar refractivity (Wildman–Crippen MR) is 76.0 cm³/mol. The molecule has 21 heavy (non-hydrogen) atoms. The van der Waals surface area contributed by atoms with E-state index in [0.29, 0.717) is 22.2 Å². The van der Waals surface area contributed by atoms with E-state index in [1.165, 1.54) is 18.2 Å². The van der Waals surface area contributed by atoms with Crippen molar-refractivity contribution in [3.05, 3.63) is 57.8 Å². The van der Waals surface area contributed by atoms with E-state index >= 15 is 0 Å². The van der Waals surface area contributed by atoms with Gasteiger partial charge >= 0.3 is 0 Å². The summed E-state index contributed by atoms with van der Waals surface area (Å²) < 4.78 is 66.4. The average molecular weight is 380 g/mol. The topological polar surface area (TPSA) is 46.2 Å². The molecule has 0 fully saturated rings. The van der Waals surface area contributed by atoms with Crippen LogP contribution in [0.25, 0.3) is 0 Å². The van der Waals surface area contributed by atoms with Gasteiger partial charge < -0.3 is 0 Å². The van der Waals surface area contributed by atoms with E-state index in [0.717, 1.165) is 0 Å². The highest BCUT2D eigenvalue weighted by Crippen LogP contribution is 2.25. The highest BCUT2D eigenvalue weighted by Gasteiger charge is 2.19. The van der Waals surface area contributed by atoms with Crippen molar-refractivity contribution < 1.29 is 21.6 Å². The molecule has 0 aliphatic carbocycles. The van der Waals surface area contributed by atoms with Crippen LogP contribution in [0.15, 0.2) is 39.7 Å². The normalized spacial score (nSPS) is 11.5. The Morgan fingerprint density at radius 3 is 2.38 bits per heavy atom. The highest BCUT2D eigenvalue weighted by molar-refractivity contribution is 9.10. The largest absolute Gasteiger partial charge is 0.276 e. The molecule has 0 saturated carbocycles. The molecule has 3 nitrogen and oxygen atoms in total. The van der Waals surface area contributed by atoms with Gasteiger partial charge in [0.05, 0.1) is 10.6 Å². The fourth-order valence-corrected chi connectivity index (χ4v) is 3.00. The molecule has 0 unspecified atom stereocenters. The van der Waals surface area contributed by atoms with Gasteiger partial charge in [-0.3, -0.25) is 4.72 Å². The summed E-state index contributed by atoms with van der Waals surface area (Å²) in [5.41, 5.74) is -0.142. The van der Waals surface area contributed by atoms with Crippen LogP contribution in [-0.2, 0) is 10.0 Å². The number of benzene rings is 2. The Bertz CT molecular complexity index is 809. The molecule has 2 aromatic rings. The average Bonchev–Trinajstić information content (AvgIpc) is 2.38. The number of rotatable bonds is 3. The van der Waals surface area contributed by atoms with E-state index in [1.807, 2.05) is 4.72 Å². The van der Waals surface area contributed by atoms with Crippen LogP contribution in [0.1, 0.15) is 5.56 Å². The summed E-state index contributed by atoms with van der Waals surface area (Å²) >= 11 is 3.22. The number of anilines is 1. The molecular weight excluding hydrogens is 371 g/mol. The molecule has 1 N–H and O–H groups in total. The van der Waals surface area contributed by atoms with E-state index in [-0.39, 0.29) is 4.90 Å². The van der Waals surface area contributed by atoms with Gasteiger partial charge in [-0.15, -0.1) is 0 Å². The van der Waals surface area contributed by atoms with E-state index in [9.17, 15) is 21.6 Å². The third-order valence-corrected chi connectivity index (χ3v) is 4.93. The Kier molecular flexibility index (Phi) is 4.29. The molecule has 0 saturated heterocycles. The van der Waals surface area contributed by atoms with Crippen molar-refractivity contribution in [1.29, 1.82) is 0 Å². The van der Waals surface area contributed by atoms with Gasteiger partial charge in [-0.25, -0.2) is 21.6 Å². The zero-order valence-corrected chi connectivity index (χ0v) is 13.0. The van der Waals surface area contributed by atoms with Crippen molar-refractivity contribution in [2.24, 2.45) is 0 Å². The summed E-state index contributed by atoms with van der Waals surface area (Å²) in [6, 6.07) is 5.04. The van der Waals surface area contributed by atoms with Gasteiger partial charge in [0.25, 0.3) is 10.0 Å². The Morgan fingerprint density at radius 1 is 1.10 bits per heavy atom. The smallest absolute Gasteiger partial charge is 0.262 e. The van der Waals surface area contributed by atoms with Gasteiger partial charge in [-0.2, -0.15) is 0 Å². The minimum atomic E-state index is -4.15. The van der Waals surface area contributed by atoms with E-state index in [2.05, 4.69) is 15.9 Å². The second-order valence-electron chi connectivity index (χ2n) is 4.27. The monoisotopic (exact) mass is 379 g/mol. The minimum Gasteiger partial charge on any atom is -0.276 e. The van der Waals surface area contributed by atoms with E-state index in [1.54, 1.807) is 6.92 Å². The fraction of sp³-hybridized carbons (Fsp3) is 0.0769. The first-order chi connectivity index (χ1) is 9.70. The molecule has 0 radical (unpaired) electrons.